The molecule has 0 unspecified atom stereocenters. The molecule has 9 nitrogen and oxygen atoms in total. The van der Waals surface area contributed by atoms with Crippen molar-refractivity contribution in [2.45, 2.75) is 192 Å². The number of hydrogen-bond donors (Lipinski definition) is 6. The second-order valence-corrected chi connectivity index (χ2v) is 12.2. The molecule has 0 aliphatic heterocycles. The van der Waals surface area contributed by atoms with Crippen molar-refractivity contribution >= 4 is 11.9 Å². The van der Waals surface area contributed by atoms with E-state index in [-0.39, 0.29) is 0 Å². The molecule has 0 fully saturated rings. The molecule has 9 heteroatoms. The van der Waals surface area contributed by atoms with Gasteiger partial charge in [-0.25, -0.2) is 0 Å². The number of allylic oxidation sites excluding steroid dienone is 2. The van der Waals surface area contributed by atoms with E-state index in [1.54, 1.807) is 6.08 Å². The summed E-state index contributed by atoms with van der Waals surface area (Å²) in [5.41, 5.74) is 3.69. The number of aliphatic carboxylic acids is 1. The highest BCUT2D eigenvalue weighted by molar-refractivity contribution is 5.82. The fourth-order valence-electron chi connectivity index (χ4n) is 4.95. The standard InChI is InChI=1S/C21H39NO7.C15H31N/c1-2-3-4-5-6-7-8-9-10-11-12-13-14-15-22-20(27)18(25)16(23)17(24)19(26)21(28)29;1-2-3-4-5-6-7-8-9-10-11-12-13-14-15-16/h14-19,23-26H,2-13H2,1H3,(H,22,27)(H,28,29);14-15H,2-13,16H2,1H3/t16-,17-,18+,19-;/m1./s1. The number of amides is 1. The minimum atomic E-state index is -2.41. The van der Waals surface area contributed by atoms with Crippen molar-refractivity contribution in [3.05, 3.63) is 24.6 Å². The zero-order chi connectivity index (χ0) is 34.0. The van der Waals surface area contributed by atoms with Crippen LogP contribution in [0, 0.1) is 0 Å². The molecule has 0 spiro atoms. The molecule has 1 amide bonds. The second-order valence-electron chi connectivity index (χ2n) is 12.2. The van der Waals surface area contributed by atoms with Crippen LogP contribution in [0.15, 0.2) is 24.6 Å². The summed E-state index contributed by atoms with van der Waals surface area (Å²) >= 11 is 0. The Balaban J connectivity index is 0. The number of carbonyl (C=O) groups excluding carboxylic acids is 2. The summed E-state index contributed by atoms with van der Waals surface area (Å²) in [5, 5.41) is 50.3. The average molecular weight is 643 g/mol. The van der Waals surface area contributed by atoms with Crippen molar-refractivity contribution in [1.82, 2.24) is 5.32 Å². The average Bonchev–Trinajstić information content (AvgIpc) is 3.04. The minimum Gasteiger partial charge on any atom is -0.547 e. The fourth-order valence-corrected chi connectivity index (χ4v) is 4.95. The third kappa shape index (κ3) is 30.6. The molecule has 4 atom stereocenters. The van der Waals surface area contributed by atoms with E-state index in [0.29, 0.717) is 0 Å². The first-order valence-corrected chi connectivity index (χ1v) is 18.1. The van der Waals surface area contributed by atoms with Crippen LogP contribution < -0.4 is 16.2 Å². The largest absolute Gasteiger partial charge is 0.547 e. The lowest BCUT2D eigenvalue weighted by Crippen LogP contribution is -2.54. The number of rotatable bonds is 30. The van der Waals surface area contributed by atoms with Crippen LogP contribution in [0.4, 0.5) is 0 Å². The number of carboxylic acid groups (broad SMARTS) is 1. The Labute approximate surface area is 274 Å². The Morgan fingerprint density at radius 3 is 1.27 bits per heavy atom. The Kier molecular flexibility index (Phi) is 35.3. The SMILES string of the molecule is CCCCCCCCCCCCCC=CNC(=O)[C@@H](O)[C@H](O)[C@@H](O)[C@@H](O)C(=O)[O-].CCCCCCCCCCCCCC=C[NH3+]. The first kappa shape index (κ1) is 45.3. The van der Waals surface area contributed by atoms with Crippen LogP contribution in [0.5, 0.6) is 0 Å². The molecule has 0 heterocycles. The third-order valence-corrected chi connectivity index (χ3v) is 7.97. The van der Waals surface area contributed by atoms with Crippen molar-refractivity contribution in [3.63, 3.8) is 0 Å². The lowest BCUT2D eigenvalue weighted by atomic mass is 10.0. The predicted octanol–water partition coefficient (Wildman–Crippen LogP) is 4.95. The van der Waals surface area contributed by atoms with Gasteiger partial charge in [0.2, 0.25) is 0 Å². The first-order chi connectivity index (χ1) is 21.7. The summed E-state index contributed by atoms with van der Waals surface area (Å²) in [6.07, 6.45) is 29.6. The van der Waals surface area contributed by atoms with E-state index in [2.05, 4.69) is 31.0 Å². The number of hydrogen-bond acceptors (Lipinski definition) is 7. The number of unbranched alkanes of at least 4 members (excludes halogenated alkanes) is 22. The van der Waals surface area contributed by atoms with Crippen LogP contribution in [0.3, 0.4) is 0 Å². The van der Waals surface area contributed by atoms with Gasteiger partial charge in [-0.1, -0.05) is 148 Å². The summed E-state index contributed by atoms with van der Waals surface area (Å²) in [6, 6.07) is 0. The highest BCUT2D eigenvalue weighted by atomic mass is 16.4. The van der Waals surface area contributed by atoms with Crippen LogP contribution in [0.1, 0.15) is 168 Å². The zero-order valence-electron chi connectivity index (χ0n) is 28.8. The number of aliphatic hydroxyl groups excluding tert-OH is 4. The number of carboxylic acids is 1. The van der Waals surface area contributed by atoms with Crippen LogP contribution in [0.2, 0.25) is 0 Å². The lowest BCUT2D eigenvalue weighted by molar-refractivity contribution is -0.320. The Hall–Kier alpha value is -1.78. The van der Waals surface area contributed by atoms with Crippen molar-refractivity contribution in [1.29, 1.82) is 0 Å². The molecule has 8 N–H and O–H groups in total. The van der Waals surface area contributed by atoms with Crippen molar-refractivity contribution in [2.24, 2.45) is 0 Å². The van der Waals surface area contributed by atoms with E-state index in [1.165, 1.54) is 141 Å². The molecule has 0 aliphatic rings. The summed E-state index contributed by atoms with van der Waals surface area (Å²) in [7, 11) is 0. The second kappa shape index (κ2) is 35.1. The lowest BCUT2D eigenvalue weighted by Gasteiger charge is -2.25. The molecule has 45 heavy (non-hydrogen) atoms. The minimum absolute atomic E-state index is 0.752. The smallest absolute Gasteiger partial charge is 0.255 e. The third-order valence-electron chi connectivity index (χ3n) is 7.97. The van der Waals surface area contributed by atoms with Gasteiger partial charge in [0.1, 0.15) is 18.3 Å². The monoisotopic (exact) mass is 643 g/mol. The summed E-state index contributed by atoms with van der Waals surface area (Å²) in [6.45, 7) is 4.50. The van der Waals surface area contributed by atoms with E-state index in [4.69, 9.17) is 5.11 Å². The molecule has 0 radical (unpaired) electrons. The van der Waals surface area contributed by atoms with Crippen molar-refractivity contribution < 1.29 is 40.9 Å². The highest BCUT2D eigenvalue weighted by Gasteiger charge is 2.34. The maximum atomic E-state index is 11.7. The Bertz CT molecular complexity index is 718. The van der Waals surface area contributed by atoms with E-state index >= 15 is 0 Å². The number of aliphatic hydroxyl groups is 4. The van der Waals surface area contributed by atoms with E-state index < -0.39 is 36.3 Å². The van der Waals surface area contributed by atoms with Crippen LogP contribution in [-0.2, 0) is 9.59 Å². The van der Waals surface area contributed by atoms with Gasteiger partial charge >= 0.3 is 0 Å². The molecule has 0 aromatic carbocycles. The van der Waals surface area contributed by atoms with Gasteiger partial charge in [0.05, 0.1) is 12.2 Å². The van der Waals surface area contributed by atoms with E-state index in [9.17, 15) is 30.0 Å². The normalized spacial score (nSPS) is 14.2. The Morgan fingerprint density at radius 1 is 0.578 bits per heavy atom. The van der Waals surface area contributed by atoms with Gasteiger partial charge in [0.15, 0.2) is 6.10 Å². The van der Waals surface area contributed by atoms with Crippen LogP contribution in [-0.4, -0.2) is 56.7 Å². The van der Waals surface area contributed by atoms with Gasteiger partial charge in [0.25, 0.3) is 5.91 Å². The molecule has 266 valence electrons. The fraction of sp³-hybridized carbons (Fsp3) is 0.833. The van der Waals surface area contributed by atoms with Crippen LogP contribution >= 0.6 is 0 Å². The van der Waals surface area contributed by atoms with Gasteiger partial charge in [0, 0.05) is 0 Å². The first-order valence-electron chi connectivity index (χ1n) is 18.1. The topological polar surface area (TPSA) is 178 Å². The highest BCUT2D eigenvalue weighted by Crippen LogP contribution is 2.13. The Morgan fingerprint density at radius 2 is 0.911 bits per heavy atom. The van der Waals surface area contributed by atoms with E-state index in [1.807, 2.05) is 6.20 Å². The van der Waals surface area contributed by atoms with Crippen LogP contribution in [0.25, 0.3) is 0 Å². The molecular formula is C36H70N2O7. The summed E-state index contributed by atoms with van der Waals surface area (Å²) < 4.78 is 0. The molecule has 0 aromatic heterocycles. The molecule has 0 aromatic rings. The molecule has 0 bridgehead atoms. The van der Waals surface area contributed by atoms with E-state index in [0.717, 1.165) is 19.3 Å². The molecule has 0 rings (SSSR count). The molecule has 0 saturated heterocycles. The van der Waals surface area contributed by atoms with Gasteiger partial charge in [-0.05, 0) is 38.0 Å². The predicted molar refractivity (Wildman–Crippen MR) is 181 cm³/mol. The van der Waals surface area contributed by atoms with Crippen molar-refractivity contribution in [3.8, 4) is 0 Å². The zero-order valence-corrected chi connectivity index (χ0v) is 28.8. The quantitative estimate of drug-likeness (QED) is 0.0600. The molecule has 0 aliphatic carbocycles. The van der Waals surface area contributed by atoms with Crippen molar-refractivity contribution in [2.75, 3.05) is 0 Å². The number of nitrogens with one attached hydrogen (secondary N) is 1. The molecule has 0 saturated carbocycles. The number of carbonyl (C=O) groups is 2. The van der Waals surface area contributed by atoms with Gasteiger partial charge in [-0.3, -0.25) is 4.79 Å². The van der Waals surface area contributed by atoms with Gasteiger partial charge in [-0.2, -0.15) is 0 Å². The van der Waals surface area contributed by atoms with Gasteiger partial charge < -0.3 is 41.4 Å². The summed E-state index contributed by atoms with van der Waals surface area (Å²) in [4.78, 5) is 22.1. The molecular weight excluding hydrogens is 572 g/mol. The summed E-state index contributed by atoms with van der Waals surface area (Å²) in [5.74, 6) is -3.03. The number of quaternary nitrogens is 1. The van der Waals surface area contributed by atoms with Gasteiger partial charge in [-0.15, -0.1) is 0 Å². The maximum absolute atomic E-state index is 11.7. The maximum Gasteiger partial charge on any atom is 0.255 e.